The number of benzene rings is 1. The Morgan fingerprint density at radius 2 is 2.13 bits per heavy atom. The Balaban J connectivity index is 1.84. The molecule has 2 rings (SSSR count). The fraction of sp³-hybridized carbons (Fsp3) is 0.611. The number of nitrogens with zero attached hydrogens (tertiary/aromatic N) is 1. The van der Waals surface area contributed by atoms with Crippen molar-refractivity contribution in [3.05, 3.63) is 35.4 Å². The van der Waals surface area contributed by atoms with Crippen LogP contribution in [0.5, 0.6) is 0 Å². The summed E-state index contributed by atoms with van der Waals surface area (Å²) in [7, 11) is 0. The van der Waals surface area contributed by atoms with E-state index in [2.05, 4.69) is 10.2 Å². The summed E-state index contributed by atoms with van der Waals surface area (Å²) >= 11 is 0. The van der Waals surface area contributed by atoms with Gasteiger partial charge in [-0.15, -0.1) is 0 Å². The first-order valence-electron chi connectivity index (χ1n) is 8.50. The molecule has 1 unspecified atom stereocenters. The van der Waals surface area contributed by atoms with E-state index in [0.29, 0.717) is 26.3 Å². The van der Waals surface area contributed by atoms with Gasteiger partial charge in [0.2, 0.25) is 5.91 Å². The number of aliphatic hydroxyl groups excluding tert-OH is 1. The van der Waals surface area contributed by atoms with Gasteiger partial charge in [0.1, 0.15) is 0 Å². The van der Waals surface area contributed by atoms with Crippen molar-refractivity contribution in [3.63, 3.8) is 0 Å². The fourth-order valence-electron chi connectivity index (χ4n) is 2.99. The highest BCUT2D eigenvalue weighted by Gasteiger charge is 2.23. The predicted molar refractivity (Wildman–Crippen MR) is 89.9 cm³/mol. The Morgan fingerprint density at radius 1 is 1.35 bits per heavy atom. The first kappa shape index (κ1) is 17.9. The van der Waals surface area contributed by atoms with E-state index in [1.807, 2.05) is 31.2 Å². The summed E-state index contributed by atoms with van der Waals surface area (Å²) in [5, 5.41) is 12.4. The van der Waals surface area contributed by atoms with Crippen molar-refractivity contribution in [2.75, 3.05) is 26.3 Å². The second-order valence-corrected chi connectivity index (χ2v) is 5.99. The predicted octanol–water partition coefficient (Wildman–Crippen LogP) is 1.69. The third-order valence-electron chi connectivity index (χ3n) is 4.36. The molecule has 5 heteroatoms. The van der Waals surface area contributed by atoms with Crippen LogP contribution in [-0.2, 0) is 22.7 Å². The minimum atomic E-state index is 0.0107. The van der Waals surface area contributed by atoms with Gasteiger partial charge in [-0.25, -0.2) is 0 Å². The molecule has 1 aliphatic heterocycles. The van der Waals surface area contributed by atoms with Crippen molar-refractivity contribution in [2.45, 2.75) is 45.4 Å². The Labute approximate surface area is 138 Å². The summed E-state index contributed by atoms with van der Waals surface area (Å²) in [6.45, 7) is 5.11. The number of ether oxygens (including phenoxy) is 1. The molecule has 1 aliphatic rings. The third kappa shape index (κ3) is 5.61. The monoisotopic (exact) mass is 320 g/mol. The van der Waals surface area contributed by atoms with E-state index in [1.54, 1.807) is 0 Å². The van der Waals surface area contributed by atoms with Crippen LogP contribution in [0.15, 0.2) is 24.3 Å². The molecular weight excluding hydrogens is 292 g/mol. The number of likely N-dealkylation sites (tertiary alicyclic amines) is 1. The molecule has 0 radical (unpaired) electrons. The normalized spacial score (nSPS) is 18.8. The van der Waals surface area contributed by atoms with Crippen LogP contribution in [0.2, 0.25) is 0 Å². The lowest BCUT2D eigenvalue weighted by Crippen LogP contribution is -2.47. The topological polar surface area (TPSA) is 61.8 Å². The first-order chi connectivity index (χ1) is 11.2. The smallest absolute Gasteiger partial charge is 0.234 e. The SMILES string of the molecule is CCOCc1ccccc1CNC(=O)CN1CCCCC1CO. The van der Waals surface area contributed by atoms with E-state index in [4.69, 9.17) is 4.74 Å². The summed E-state index contributed by atoms with van der Waals surface area (Å²) in [6, 6.07) is 8.14. The number of carbonyl (C=O) groups is 1. The molecule has 0 aromatic heterocycles. The second-order valence-electron chi connectivity index (χ2n) is 5.99. The molecule has 1 fully saturated rings. The molecule has 128 valence electrons. The van der Waals surface area contributed by atoms with Crippen molar-refractivity contribution < 1.29 is 14.6 Å². The number of hydrogen-bond donors (Lipinski definition) is 2. The maximum Gasteiger partial charge on any atom is 0.234 e. The van der Waals surface area contributed by atoms with Crippen LogP contribution in [-0.4, -0.2) is 48.3 Å². The van der Waals surface area contributed by atoms with Crippen LogP contribution in [0.3, 0.4) is 0 Å². The van der Waals surface area contributed by atoms with Crippen molar-refractivity contribution in [3.8, 4) is 0 Å². The van der Waals surface area contributed by atoms with Gasteiger partial charge < -0.3 is 15.2 Å². The lowest BCUT2D eigenvalue weighted by molar-refractivity contribution is -0.123. The number of carbonyl (C=O) groups excluding carboxylic acids is 1. The Morgan fingerprint density at radius 3 is 2.87 bits per heavy atom. The zero-order valence-corrected chi connectivity index (χ0v) is 14.0. The van der Waals surface area contributed by atoms with E-state index in [0.717, 1.165) is 36.9 Å². The lowest BCUT2D eigenvalue weighted by atomic mass is 10.0. The van der Waals surface area contributed by atoms with Crippen LogP contribution >= 0.6 is 0 Å². The Bertz CT molecular complexity index is 493. The molecule has 1 amide bonds. The van der Waals surface area contributed by atoms with E-state index < -0.39 is 0 Å². The minimum absolute atomic E-state index is 0.0107. The van der Waals surface area contributed by atoms with E-state index in [1.165, 1.54) is 0 Å². The van der Waals surface area contributed by atoms with Crippen molar-refractivity contribution in [1.29, 1.82) is 0 Å². The van der Waals surface area contributed by atoms with Crippen LogP contribution < -0.4 is 5.32 Å². The number of piperidine rings is 1. The molecular formula is C18H28N2O3. The quantitative estimate of drug-likeness (QED) is 0.765. The summed E-state index contributed by atoms with van der Waals surface area (Å²) in [5.41, 5.74) is 2.20. The maximum absolute atomic E-state index is 12.2. The van der Waals surface area contributed by atoms with Gasteiger partial charge in [0.15, 0.2) is 0 Å². The molecule has 2 N–H and O–H groups in total. The molecule has 1 atom stereocenters. The highest BCUT2D eigenvalue weighted by atomic mass is 16.5. The molecule has 23 heavy (non-hydrogen) atoms. The van der Waals surface area contributed by atoms with Gasteiger partial charge in [-0.3, -0.25) is 9.69 Å². The average molecular weight is 320 g/mol. The van der Waals surface area contributed by atoms with Crippen LogP contribution in [0.25, 0.3) is 0 Å². The van der Waals surface area contributed by atoms with Gasteiger partial charge in [-0.2, -0.15) is 0 Å². The van der Waals surface area contributed by atoms with E-state index >= 15 is 0 Å². The molecule has 0 aliphatic carbocycles. The molecule has 0 spiro atoms. The van der Waals surface area contributed by atoms with Crippen LogP contribution in [0.1, 0.15) is 37.3 Å². The van der Waals surface area contributed by atoms with Gasteiger partial charge in [-0.05, 0) is 37.4 Å². The Kier molecular flexibility index (Phi) is 7.52. The minimum Gasteiger partial charge on any atom is -0.395 e. The summed E-state index contributed by atoms with van der Waals surface area (Å²) in [6.07, 6.45) is 3.20. The first-order valence-corrected chi connectivity index (χ1v) is 8.50. The van der Waals surface area contributed by atoms with Crippen molar-refractivity contribution in [1.82, 2.24) is 10.2 Å². The molecule has 5 nitrogen and oxygen atoms in total. The zero-order valence-electron chi connectivity index (χ0n) is 14.0. The zero-order chi connectivity index (χ0) is 16.5. The highest BCUT2D eigenvalue weighted by Crippen LogP contribution is 2.16. The summed E-state index contributed by atoms with van der Waals surface area (Å²) in [4.78, 5) is 14.3. The van der Waals surface area contributed by atoms with Crippen molar-refractivity contribution >= 4 is 5.91 Å². The third-order valence-corrected chi connectivity index (χ3v) is 4.36. The molecule has 1 aromatic rings. The Hall–Kier alpha value is -1.43. The number of amides is 1. The molecule has 0 bridgehead atoms. The highest BCUT2D eigenvalue weighted by molar-refractivity contribution is 5.78. The summed E-state index contributed by atoms with van der Waals surface area (Å²) < 4.78 is 5.47. The second kappa shape index (κ2) is 9.65. The maximum atomic E-state index is 12.2. The molecule has 1 aromatic carbocycles. The number of aliphatic hydroxyl groups is 1. The lowest BCUT2D eigenvalue weighted by Gasteiger charge is -2.33. The standard InChI is InChI=1S/C18H28N2O3/c1-2-23-14-16-8-4-3-7-15(16)11-19-18(22)12-20-10-6-5-9-17(20)13-21/h3-4,7-8,17,21H,2,5-6,9-14H2,1H3,(H,19,22). The van der Waals surface area contributed by atoms with Crippen LogP contribution in [0, 0.1) is 0 Å². The molecule has 1 saturated heterocycles. The van der Waals surface area contributed by atoms with Crippen LogP contribution in [0.4, 0.5) is 0 Å². The summed E-state index contributed by atoms with van der Waals surface area (Å²) in [5.74, 6) is 0.0107. The van der Waals surface area contributed by atoms with Gasteiger partial charge in [0.05, 0.1) is 19.8 Å². The number of rotatable bonds is 8. The largest absolute Gasteiger partial charge is 0.395 e. The van der Waals surface area contributed by atoms with E-state index in [9.17, 15) is 9.90 Å². The molecule has 1 heterocycles. The van der Waals surface area contributed by atoms with Gasteiger partial charge in [-0.1, -0.05) is 30.7 Å². The van der Waals surface area contributed by atoms with Gasteiger partial charge in [0, 0.05) is 19.2 Å². The number of hydrogen-bond acceptors (Lipinski definition) is 4. The number of nitrogens with one attached hydrogen (secondary N) is 1. The molecule has 0 saturated carbocycles. The van der Waals surface area contributed by atoms with Gasteiger partial charge in [0.25, 0.3) is 0 Å². The average Bonchev–Trinajstić information content (AvgIpc) is 2.59. The van der Waals surface area contributed by atoms with E-state index in [-0.39, 0.29) is 18.6 Å². The fourth-order valence-corrected chi connectivity index (χ4v) is 2.99. The van der Waals surface area contributed by atoms with Gasteiger partial charge >= 0.3 is 0 Å². The van der Waals surface area contributed by atoms with Crippen molar-refractivity contribution in [2.24, 2.45) is 0 Å².